The fourth-order valence-corrected chi connectivity index (χ4v) is 2.53. The highest BCUT2D eigenvalue weighted by molar-refractivity contribution is 5.96. The van der Waals surface area contributed by atoms with Crippen LogP contribution >= 0.6 is 0 Å². The molecular formula is C20H24FN3O3. The second-order valence-electron chi connectivity index (χ2n) is 6.01. The number of hydrogen-bond donors (Lipinski definition) is 2. The van der Waals surface area contributed by atoms with Crippen LogP contribution in [-0.2, 0) is 9.59 Å². The molecular weight excluding hydrogens is 349 g/mol. The van der Waals surface area contributed by atoms with Crippen molar-refractivity contribution in [3.63, 3.8) is 0 Å². The predicted octanol–water partition coefficient (Wildman–Crippen LogP) is 3.12. The lowest BCUT2D eigenvalue weighted by Gasteiger charge is -2.26. The number of nitrogens with zero attached hydrogens (tertiary/aromatic N) is 1. The molecule has 27 heavy (non-hydrogen) atoms. The fraction of sp³-hybridized carbons (Fsp3) is 0.300. The third kappa shape index (κ3) is 6.07. The molecule has 2 aromatic rings. The summed E-state index contributed by atoms with van der Waals surface area (Å²) < 4.78 is 18.0. The molecule has 0 heterocycles. The molecule has 0 fully saturated rings. The van der Waals surface area contributed by atoms with E-state index in [1.165, 1.54) is 24.3 Å². The highest BCUT2D eigenvalue weighted by atomic mass is 19.1. The lowest BCUT2D eigenvalue weighted by molar-refractivity contribution is -0.123. The molecule has 144 valence electrons. The van der Waals surface area contributed by atoms with E-state index in [-0.39, 0.29) is 24.2 Å². The number of hydrogen-bond acceptors (Lipinski definition) is 4. The number of rotatable bonds is 8. The topological polar surface area (TPSA) is 70.7 Å². The first-order valence-electron chi connectivity index (χ1n) is 8.67. The Morgan fingerprint density at radius 1 is 1.04 bits per heavy atom. The average molecular weight is 373 g/mol. The molecule has 1 atom stereocenters. The fourth-order valence-electron chi connectivity index (χ4n) is 2.53. The molecule has 2 N–H and O–H groups in total. The van der Waals surface area contributed by atoms with Crippen LogP contribution in [0.2, 0.25) is 0 Å². The summed E-state index contributed by atoms with van der Waals surface area (Å²) in [5.41, 5.74) is 1.16. The Labute approximate surface area is 158 Å². The molecule has 0 radical (unpaired) electrons. The molecule has 2 aromatic carbocycles. The Bertz CT molecular complexity index is 763. The molecule has 0 bridgehead atoms. The Hall–Kier alpha value is -2.93. The van der Waals surface area contributed by atoms with E-state index in [9.17, 15) is 14.0 Å². The summed E-state index contributed by atoms with van der Waals surface area (Å²) >= 11 is 0. The smallest absolute Gasteiger partial charge is 0.241 e. The van der Waals surface area contributed by atoms with E-state index in [4.69, 9.17) is 4.74 Å². The van der Waals surface area contributed by atoms with Gasteiger partial charge in [-0.15, -0.1) is 0 Å². The second kappa shape index (κ2) is 9.68. The summed E-state index contributed by atoms with van der Waals surface area (Å²) in [4.78, 5) is 26.5. The van der Waals surface area contributed by atoms with E-state index in [0.29, 0.717) is 23.7 Å². The van der Waals surface area contributed by atoms with Gasteiger partial charge in [0, 0.05) is 11.4 Å². The molecule has 0 aliphatic carbocycles. The summed E-state index contributed by atoms with van der Waals surface area (Å²) in [6.07, 6.45) is 0. The number of ether oxygens (including phenoxy) is 1. The molecule has 6 nitrogen and oxygen atoms in total. The molecule has 0 saturated carbocycles. The van der Waals surface area contributed by atoms with Gasteiger partial charge in [-0.05, 0) is 62.0 Å². The molecule has 7 heteroatoms. The second-order valence-corrected chi connectivity index (χ2v) is 6.01. The van der Waals surface area contributed by atoms with Gasteiger partial charge in [-0.3, -0.25) is 14.5 Å². The number of carbonyl (C=O) groups is 2. The van der Waals surface area contributed by atoms with Gasteiger partial charge >= 0.3 is 0 Å². The summed E-state index contributed by atoms with van der Waals surface area (Å²) in [5, 5.41) is 5.52. The van der Waals surface area contributed by atoms with E-state index in [1.807, 2.05) is 6.92 Å². The van der Waals surface area contributed by atoms with Gasteiger partial charge in [0.25, 0.3) is 0 Å². The highest BCUT2D eigenvalue weighted by Crippen LogP contribution is 2.15. The average Bonchev–Trinajstić information content (AvgIpc) is 2.68. The van der Waals surface area contributed by atoms with Crippen molar-refractivity contribution in [1.82, 2.24) is 4.90 Å². The minimum atomic E-state index is -0.526. The predicted molar refractivity (Wildman–Crippen MR) is 103 cm³/mol. The van der Waals surface area contributed by atoms with Gasteiger partial charge in [0.05, 0.1) is 19.7 Å². The number of amides is 2. The zero-order chi connectivity index (χ0) is 19.8. The lowest BCUT2D eigenvalue weighted by Crippen LogP contribution is -2.45. The molecule has 0 saturated heterocycles. The van der Waals surface area contributed by atoms with Crippen LogP contribution in [0, 0.1) is 5.82 Å². The van der Waals surface area contributed by atoms with Crippen LogP contribution in [0.25, 0.3) is 0 Å². The van der Waals surface area contributed by atoms with Gasteiger partial charge < -0.3 is 15.4 Å². The number of likely N-dealkylation sites (N-methyl/N-ethyl adjacent to an activating group) is 1. The Kier molecular flexibility index (Phi) is 7.31. The number of halogens is 1. The molecule has 0 aliphatic heterocycles. The van der Waals surface area contributed by atoms with Crippen LogP contribution in [0.3, 0.4) is 0 Å². The SMILES string of the molecule is CCN(CC(=O)Nc1ccc(OC)cc1)[C@H](C)C(=O)Nc1ccc(F)cc1. The Balaban J connectivity index is 1.92. The van der Waals surface area contributed by atoms with Crippen molar-refractivity contribution in [1.29, 1.82) is 0 Å². The normalized spacial score (nSPS) is 11.7. The van der Waals surface area contributed by atoms with Crippen LogP contribution in [0.1, 0.15) is 13.8 Å². The zero-order valence-corrected chi connectivity index (χ0v) is 15.7. The Morgan fingerprint density at radius 3 is 2.15 bits per heavy atom. The van der Waals surface area contributed by atoms with Crippen LogP contribution < -0.4 is 15.4 Å². The molecule has 0 aliphatic rings. The minimum Gasteiger partial charge on any atom is -0.497 e. The van der Waals surface area contributed by atoms with Gasteiger partial charge in [-0.2, -0.15) is 0 Å². The summed E-state index contributed by atoms with van der Waals surface area (Å²) in [7, 11) is 1.57. The highest BCUT2D eigenvalue weighted by Gasteiger charge is 2.22. The first kappa shape index (κ1) is 20.4. The van der Waals surface area contributed by atoms with E-state index < -0.39 is 6.04 Å². The van der Waals surface area contributed by atoms with Gasteiger partial charge in [-0.25, -0.2) is 4.39 Å². The van der Waals surface area contributed by atoms with Crippen molar-refractivity contribution >= 4 is 23.2 Å². The first-order valence-corrected chi connectivity index (χ1v) is 8.67. The van der Waals surface area contributed by atoms with Crippen LogP contribution in [0.15, 0.2) is 48.5 Å². The monoisotopic (exact) mass is 373 g/mol. The number of anilines is 2. The Morgan fingerprint density at radius 2 is 1.59 bits per heavy atom. The van der Waals surface area contributed by atoms with Gasteiger partial charge in [0.2, 0.25) is 11.8 Å². The van der Waals surface area contributed by atoms with E-state index in [2.05, 4.69) is 10.6 Å². The maximum Gasteiger partial charge on any atom is 0.241 e. The van der Waals surface area contributed by atoms with E-state index in [1.54, 1.807) is 43.2 Å². The van der Waals surface area contributed by atoms with Crippen molar-refractivity contribution in [2.45, 2.75) is 19.9 Å². The molecule has 0 spiro atoms. The standard InChI is InChI=1S/C20H24FN3O3/c1-4-24(13-19(25)22-16-9-11-18(27-3)12-10-16)14(2)20(26)23-17-7-5-15(21)6-8-17/h5-12,14H,4,13H2,1-3H3,(H,22,25)(H,23,26)/t14-/m1/s1. The van der Waals surface area contributed by atoms with Crippen molar-refractivity contribution in [2.24, 2.45) is 0 Å². The molecule has 2 rings (SSSR count). The van der Waals surface area contributed by atoms with Gasteiger partial charge in [0.15, 0.2) is 0 Å². The maximum absolute atomic E-state index is 13.0. The van der Waals surface area contributed by atoms with Crippen LogP contribution in [0.4, 0.5) is 15.8 Å². The minimum absolute atomic E-state index is 0.0700. The number of carbonyl (C=O) groups excluding carboxylic acids is 2. The summed E-state index contributed by atoms with van der Waals surface area (Å²) in [6, 6.07) is 12.0. The summed E-state index contributed by atoms with van der Waals surface area (Å²) in [6.45, 7) is 4.19. The maximum atomic E-state index is 13.0. The van der Waals surface area contributed by atoms with Crippen molar-refractivity contribution in [2.75, 3.05) is 30.8 Å². The number of methoxy groups -OCH3 is 1. The first-order chi connectivity index (χ1) is 12.9. The van der Waals surface area contributed by atoms with Crippen molar-refractivity contribution < 1.29 is 18.7 Å². The van der Waals surface area contributed by atoms with E-state index >= 15 is 0 Å². The van der Waals surface area contributed by atoms with Gasteiger partial charge in [0.1, 0.15) is 11.6 Å². The third-order valence-electron chi connectivity index (χ3n) is 4.17. The quantitative estimate of drug-likeness (QED) is 0.746. The molecule has 0 aromatic heterocycles. The van der Waals surface area contributed by atoms with Gasteiger partial charge in [-0.1, -0.05) is 6.92 Å². The van der Waals surface area contributed by atoms with E-state index in [0.717, 1.165) is 0 Å². The molecule has 2 amide bonds. The van der Waals surface area contributed by atoms with Crippen LogP contribution in [0.5, 0.6) is 5.75 Å². The largest absolute Gasteiger partial charge is 0.497 e. The summed E-state index contributed by atoms with van der Waals surface area (Å²) in [5.74, 6) is -0.148. The lowest BCUT2D eigenvalue weighted by atomic mass is 10.2. The number of benzene rings is 2. The number of nitrogens with one attached hydrogen (secondary N) is 2. The third-order valence-corrected chi connectivity index (χ3v) is 4.17. The van der Waals surface area contributed by atoms with Crippen molar-refractivity contribution in [3.05, 3.63) is 54.3 Å². The van der Waals surface area contributed by atoms with Crippen LogP contribution in [-0.4, -0.2) is 43.0 Å². The zero-order valence-electron chi connectivity index (χ0n) is 15.7. The molecule has 0 unspecified atom stereocenters. The van der Waals surface area contributed by atoms with Crippen molar-refractivity contribution in [3.8, 4) is 5.75 Å².